The van der Waals surface area contributed by atoms with Gasteiger partial charge in [0, 0.05) is 54.8 Å². The van der Waals surface area contributed by atoms with Crippen LogP contribution in [0.15, 0.2) is 18.5 Å². The number of nitrogens with zero attached hydrogens (tertiary/aromatic N) is 4. The van der Waals surface area contributed by atoms with Crippen LogP contribution in [0.3, 0.4) is 0 Å². The lowest BCUT2D eigenvalue weighted by molar-refractivity contribution is -0.137. The number of nitrogens with two attached hydrogens (primary N) is 1. The minimum Gasteiger partial charge on any atom is -0.444 e. The Labute approximate surface area is 184 Å². The van der Waals surface area contributed by atoms with Crippen molar-refractivity contribution in [1.29, 1.82) is 0 Å². The molecule has 0 aromatic carbocycles. The average molecular weight is 451 g/mol. The quantitative estimate of drug-likeness (QED) is 0.731. The Morgan fingerprint density at radius 2 is 1.84 bits per heavy atom. The Hall–Kier alpha value is -2.78. The Morgan fingerprint density at radius 1 is 1.22 bits per heavy atom. The van der Waals surface area contributed by atoms with Gasteiger partial charge in [0.2, 0.25) is 0 Å². The first-order valence-corrected chi connectivity index (χ1v) is 10.7. The number of carbonyl (C=O) groups is 1. The molecule has 32 heavy (non-hydrogen) atoms. The van der Waals surface area contributed by atoms with E-state index in [4.69, 9.17) is 10.5 Å². The lowest BCUT2D eigenvalue weighted by Crippen LogP contribution is -2.37. The number of anilines is 1. The highest BCUT2D eigenvalue weighted by Gasteiger charge is 2.58. The number of aromatic nitrogens is 3. The largest absolute Gasteiger partial charge is 0.444 e. The van der Waals surface area contributed by atoms with E-state index in [0.29, 0.717) is 18.8 Å². The monoisotopic (exact) mass is 451 g/mol. The van der Waals surface area contributed by atoms with Gasteiger partial charge in [0.25, 0.3) is 0 Å². The molecule has 3 heterocycles. The molecule has 2 fully saturated rings. The normalized spacial score (nSPS) is 22.9. The van der Waals surface area contributed by atoms with E-state index < -0.39 is 23.2 Å². The van der Waals surface area contributed by atoms with Crippen molar-refractivity contribution in [2.45, 2.75) is 58.4 Å². The molecule has 0 bridgehead atoms. The molecule has 0 radical (unpaired) electrons. The van der Waals surface area contributed by atoms with Gasteiger partial charge in [-0.05, 0) is 26.8 Å². The molecule has 10 heteroatoms. The zero-order valence-corrected chi connectivity index (χ0v) is 18.8. The van der Waals surface area contributed by atoms with Crippen LogP contribution in [-0.2, 0) is 10.9 Å². The van der Waals surface area contributed by atoms with Crippen molar-refractivity contribution >= 4 is 11.9 Å². The molecule has 3 atom stereocenters. The summed E-state index contributed by atoms with van der Waals surface area (Å²) in [7, 11) is 0. The van der Waals surface area contributed by atoms with Crippen LogP contribution in [0.2, 0.25) is 0 Å². The summed E-state index contributed by atoms with van der Waals surface area (Å²) in [6, 6.07) is 1.16. The number of hydrogen-bond donors (Lipinski definition) is 1. The van der Waals surface area contributed by atoms with Gasteiger partial charge in [0.1, 0.15) is 17.2 Å². The maximum absolute atomic E-state index is 13.3. The predicted molar refractivity (Wildman–Crippen MR) is 113 cm³/mol. The van der Waals surface area contributed by atoms with Crippen LogP contribution < -0.4 is 5.73 Å². The number of likely N-dealkylation sites (tertiary alicyclic amines) is 1. The van der Waals surface area contributed by atoms with E-state index in [1.807, 2.05) is 34.6 Å². The number of piperidine rings is 1. The number of amides is 1. The molecule has 2 aliphatic rings. The molecule has 174 valence electrons. The third-order valence-corrected chi connectivity index (χ3v) is 5.92. The molecule has 2 aromatic rings. The van der Waals surface area contributed by atoms with Crippen molar-refractivity contribution in [3.63, 3.8) is 0 Å². The second-order valence-corrected chi connectivity index (χ2v) is 9.90. The third kappa shape index (κ3) is 4.14. The zero-order chi connectivity index (χ0) is 23.6. The number of nitrogen functional groups attached to an aromatic ring is 1. The van der Waals surface area contributed by atoms with Gasteiger partial charge >= 0.3 is 12.3 Å². The summed E-state index contributed by atoms with van der Waals surface area (Å²) in [6.07, 6.45) is -1.79. The summed E-state index contributed by atoms with van der Waals surface area (Å²) in [6.45, 7) is 10.7. The number of imidazole rings is 1. The highest BCUT2D eigenvalue weighted by Crippen LogP contribution is 2.56. The van der Waals surface area contributed by atoms with Crippen molar-refractivity contribution in [3.8, 4) is 11.3 Å². The molecule has 1 aliphatic heterocycles. The number of ether oxygens (including phenoxy) is 1. The van der Waals surface area contributed by atoms with E-state index >= 15 is 0 Å². The molecule has 1 amide bonds. The molecular formula is C22H28F3N5O2. The second-order valence-electron chi connectivity index (χ2n) is 9.90. The number of fused-ring (bicyclic) bond motifs is 1. The average Bonchev–Trinajstić information content (AvgIpc) is 3.03. The van der Waals surface area contributed by atoms with E-state index in [2.05, 4.69) is 14.5 Å². The molecule has 1 unspecified atom stereocenters. The van der Waals surface area contributed by atoms with Gasteiger partial charge in [-0.25, -0.2) is 14.8 Å². The summed E-state index contributed by atoms with van der Waals surface area (Å²) < 4.78 is 47.3. The zero-order valence-electron chi connectivity index (χ0n) is 18.8. The van der Waals surface area contributed by atoms with Gasteiger partial charge in [-0.2, -0.15) is 13.2 Å². The highest BCUT2D eigenvalue weighted by molar-refractivity contribution is 5.69. The molecule has 1 aliphatic carbocycles. The molecule has 7 nitrogen and oxygen atoms in total. The molecule has 1 saturated heterocycles. The minimum absolute atomic E-state index is 0.0795. The fraction of sp³-hybridized carbons (Fsp3) is 0.591. The third-order valence-electron chi connectivity index (χ3n) is 5.92. The smallest absolute Gasteiger partial charge is 0.419 e. The van der Waals surface area contributed by atoms with Crippen LogP contribution in [0.4, 0.5) is 23.8 Å². The van der Waals surface area contributed by atoms with Crippen molar-refractivity contribution < 1.29 is 22.7 Å². The number of carbonyl (C=O) groups excluding carboxylic acids is 1. The number of rotatable bonds is 3. The van der Waals surface area contributed by atoms with Gasteiger partial charge in [0.15, 0.2) is 0 Å². The van der Waals surface area contributed by atoms with Crippen molar-refractivity contribution in [2.75, 3.05) is 18.8 Å². The van der Waals surface area contributed by atoms with Crippen LogP contribution in [-0.4, -0.2) is 44.2 Å². The van der Waals surface area contributed by atoms with Crippen molar-refractivity contribution in [2.24, 2.45) is 11.8 Å². The van der Waals surface area contributed by atoms with Crippen LogP contribution in [0.25, 0.3) is 11.3 Å². The predicted octanol–water partition coefficient (Wildman–Crippen LogP) is 4.71. The van der Waals surface area contributed by atoms with E-state index in [9.17, 15) is 18.0 Å². The summed E-state index contributed by atoms with van der Waals surface area (Å²) in [4.78, 5) is 22.4. The number of pyridine rings is 1. The lowest BCUT2D eigenvalue weighted by Gasteiger charge is -2.26. The van der Waals surface area contributed by atoms with E-state index in [0.717, 1.165) is 11.9 Å². The number of alkyl halides is 3. The first-order valence-electron chi connectivity index (χ1n) is 10.7. The fourth-order valence-corrected chi connectivity index (χ4v) is 4.44. The highest BCUT2D eigenvalue weighted by atomic mass is 19.4. The Balaban J connectivity index is 1.56. The van der Waals surface area contributed by atoms with E-state index in [1.54, 1.807) is 11.1 Å². The first-order chi connectivity index (χ1) is 14.8. The summed E-state index contributed by atoms with van der Waals surface area (Å²) in [5.74, 6) is 0.878. The number of hydrogen-bond acceptors (Lipinski definition) is 5. The Kier molecular flexibility index (Phi) is 5.17. The van der Waals surface area contributed by atoms with Crippen LogP contribution in [0.5, 0.6) is 0 Å². The van der Waals surface area contributed by atoms with Gasteiger partial charge in [-0.3, -0.25) is 0 Å². The van der Waals surface area contributed by atoms with Crippen LogP contribution >= 0.6 is 0 Å². The summed E-state index contributed by atoms with van der Waals surface area (Å²) in [5.41, 5.74) is 4.62. The SMILES string of the molecule is CC(C)c1nc(-c2cnc(N)c(C(F)(F)F)c2)cn1C1[C@H]2CN(C(=O)OC(C)(C)C)C[C@@H]12. The molecule has 1 saturated carbocycles. The summed E-state index contributed by atoms with van der Waals surface area (Å²) >= 11 is 0. The van der Waals surface area contributed by atoms with Gasteiger partial charge in [-0.1, -0.05) is 13.8 Å². The Bertz CT molecular complexity index is 1030. The fourth-order valence-electron chi connectivity index (χ4n) is 4.44. The molecular weight excluding hydrogens is 423 g/mol. The molecule has 2 aromatic heterocycles. The van der Waals surface area contributed by atoms with Gasteiger partial charge in [-0.15, -0.1) is 0 Å². The maximum Gasteiger partial charge on any atom is 0.419 e. The van der Waals surface area contributed by atoms with Crippen LogP contribution in [0, 0.1) is 11.8 Å². The standard InChI is InChI=1S/C22H28F3N5O2/c1-11(2)19-28-16(12-6-15(22(23,24)25)18(26)27-7-12)10-30(19)17-13-8-29(9-14(13)17)20(31)32-21(3,4)5/h6-7,10-11,13-14,17H,8-9H2,1-5H3,(H2,26,27)/t13-,14+,17?. The second kappa shape index (κ2) is 7.38. The topological polar surface area (TPSA) is 86.3 Å². The molecule has 0 spiro atoms. The maximum atomic E-state index is 13.3. The van der Waals surface area contributed by atoms with Crippen molar-refractivity contribution in [3.05, 3.63) is 29.8 Å². The van der Waals surface area contributed by atoms with Gasteiger partial charge < -0.3 is 19.9 Å². The summed E-state index contributed by atoms with van der Waals surface area (Å²) in [5, 5.41) is 0. The van der Waals surface area contributed by atoms with Gasteiger partial charge in [0.05, 0.1) is 11.3 Å². The van der Waals surface area contributed by atoms with E-state index in [-0.39, 0.29) is 35.5 Å². The molecule has 4 rings (SSSR count). The van der Waals surface area contributed by atoms with Crippen LogP contribution in [0.1, 0.15) is 58.0 Å². The first kappa shape index (κ1) is 22.4. The van der Waals surface area contributed by atoms with Crippen molar-refractivity contribution in [1.82, 2.24) is 19.4 Å². The van der Waals surface area contributed by atoms with E-state index in [1.165, 1.54) is 6.20 Å². The minimum atomic E-state index is -4.59. The lowest BCUT2D eigenvalue weighted by atomic mass is 10.1. The molecule has 2 N–H and O–H groups in total. The number of halogens is 3. The Morgan fingerprint density at radius 3 is 2.38 bits per heavy atom.